The lowest BCUT2D eigenvalue weighted by molar-refractivity contribution is -0.133. The van der Waals surface area contributed by atoms with Crippen LogP contribution in [0.3, 0.4) is 0 Å². The summed E-state index contributed by atoms with van der Waals surface area (Å²) in [6.07, 6.45) is 7.10. The quantitative estimate of drug-likeness (QED) is 0.646. The second-order valence-corrected chi connectivity index (χ2v) is 4.73. The maximum absolute atomic E-state index is 12.5. The van der Waals surface area contributed by atoms with Crippen LogP contribution in [0.25, 0.3) is 0 Å². The van der Waals surface area contributed by atoms with Gasteiger partial charge in [0.05, 0.1) is 12.0 Å². The fourth-order valence-corrected chi connectivity index (χ4v) is 2.29. The van der Waals surface area contributed by atoms with Crippen LogP contribution in [-0.4, -0.2) is 23.9 Å². The summed E-state index contributed by atoms with van der Waals surface area (Å²) in [5, 5.41) is 0. The first-order valence-electron chi connectivity index (χ1n) is 6.23. The number of hydrogen-bond acceptors (Lipinski definition) is 2. The molecule has 1 aliphatic rings. The Balaban J connectivity index is 2.24. The molecule has 94 valence electrons. The molecule has 0 spiro atoms. The van der Waals surface area contributed by atoms with E-state index in [-0.39, 0.29) is 11.3 Å². The zero-order valence-corrected chi connectivity index (χ0v) is 10.6. The number of hydrogen-bond donors (Lipinski definition) is 1. The van der Waals surface area contributed by atoms with Crippen molar-refractivity contribution in [3.05, 3.63) is 29.8 Å². The van der Waals surface area contributed by atoms with E-state index in [9.17, 15) is 4.79 Å². The molecule has 0 radical (unpaired) electrons. The van der Waals surface area contributed by atoms with Crippen LogP contribution in [0, 0.1) is 12.3 Å². The van der Waals surface area contributed by atoms with E-state index in [1.165, 1.54) is 0 Å². The molecule has 3 heteroatoms. The molecule has 1 aliphatic carbocycles. The van der Waals surface area contributed by atoms with Crippen molar-refractivity contribution < 1.29 is 4.79 Å². The van der Waals surface area contributed by atoms with Crippen molar-refractivity contribution in [2.24, 2.45) is 0 Å². The fraction of sp³-hybridized carbons (Fsp3) is 0.400. The van der Waals surface area contributed by atoms with E-state index in [2.05, 4.69) is 5.92 Å². The van der Waals surface area contributed by atoms with Gasteiger partial charge in [0.25, 0.3) is 0 Å². The van der Waals surface area contributed by atoms with Gasteiger partial charge in [-0.1, -0.05) is 18.1 Å². The monoisotopic (exact) mass is 242 g/mol. The molecule has 0 unspecified atom stereocenters. The lowest BCUT2D eigenvalue weighted by Gasteiger charge is -2.24. The molecule has 2 N–H and O–H groups in total. The molecule has 2 rings (SSSR count). The molecule has 1 aromatic carbocycles. The van der Waals surface area contributed by atoms with Gasteiger partial charge in [-0.05, 0) is 37.5 Å². The molecule has 1 fully saturated rings. The Bertz CT molecular complexity index is 480. The highest BCUT2D eigenvalue weighted by atomic mass is 16.2. The van der Waals surface area contributed by atoms with Gasteiger partial charge in [0.2, 0.25) is 5.91 Å². The number of carbonyl (C=O) groups is 1. The average molecular weight is 242 g/mol. The normalized spacial score (nSPS) is 15.8. The van der Waals surface area contributed by atoms with Crippen LogP contribution in [0.15, 0.2) is 24.3 Å². The second kappa shape index (κ2) is 4.73. The number of carbonyl (C=O) groups excluding carboxylic acids is 1. The van der Waals surface area contributed by atoms with Crippen molar-refractivity contribution in [2.45, 2.75) is 25.2 Å². The molecule has 0 heterocycles. The Morgan fingerprint density at radius 1 is 1.44 bits per heavy atom. The van der Waals surface area contributed by atoms with Gasteiger partial charge in [-0.25, -0.2) is 0 Å². The smallest absolute Gasteiger partial charge is 0.234 e. The van der Waals surface area contributed by atoms with Crippen LogP contribution >= 0.6 is 0 Å². The molecular formula is C15H18N2O. The molecule has 18 heavy (non-hydrogen) atoms. The zero-order chi connectivity index (χ0) is 13.2. The van der Waals surface area contributed by atoms with Gasteiger partial charge in [0.1, 0.15) is 0 Å². The number of likely N-dealkylation sites (N-methyl/N-ethyl adjacent to an activating group) is 1. The summed E-state index contributed by atoms with van der Waals surface area (Å²) in [7, 11) is 0. The number of nitrogen functional groups attached to an aromatic ring is 1. The van der Waals surface area contributed by atoms with Gasteiger partial charge in [-0.2, -0.15) is 0 Å². The molecular weight excluding hydrogens is 224 g/mol. The molecule has 0 aromatic heterocycles. The van der Waals surface area contributed by atoms with Gasteiger partial charge < -0.3 is 10.6 Å². The molecule has 1 amide bonds. The van der Waals surface area contributed by atoms with E-state index >= 15 is 0 Å². The number of rotatable bonds is 4. The van der Waals surface area contributed by atoms with Crippen molar-refractivity contribution in [3.63, 3.8) is 0 Å². The van der Waals surface area contributed by atoms with Crippen molar-refractivity contribution in [1.82, 2.24) is 4.90 Å². The van der Waals surface area contributed by atoms with Crippen LogP contribution in [0.4, 0.5) is 5.69 Å². The van der Waals surface area contributed by atoms with E-state index in [1.807, 2.05) is 31.2 Å². The van der Waals surface area contributed by atoms with Gasteiger partial charge in [0.15, 0.2) is 0 Å². The molecule has 1 aromatic rings. The Kier molecular flexibility index (Phi) is 3.29. The van der Waals surface area contributed by atoms with Gasteiger partial charge in [-0.3, -0.25) is 4.79 Å². The van der Waals surface area contributed by atoms with Crippen molar-refractivity contribution in [2.75, 3.05) is 18.8 Å². The Morgan fingerprint density at radius 2 is 2.06 bits per heavy atom. The highest BCUT2D eigenvalue weighted by Gasteiger charge is 2.52. The highest BCUT2D eigenvalue weighted by molar-refractivity contribution is 5.91. The lowest BCUT2D eigenvalue weighted by atomic mass is 9.94. The van der Waals surface area contributed by atoms with E-state index in [1.54, 1.807) is 4.90 Å². The van der Waals surface area contributed by atoms with E-state index in [4.69, 9.17) is 12.2 Å². The third-order valence-electron chi connectivity index (χ3n) is 3.57. The predicted octanol–water partition coefficient (Wildman–Crippen LogP) is 1.78. The molecule has 0 saturated heterocycles. The minimum atomic E-state index is -0.347. The Hall–Kier alpha value is -1.95. The predicted molar refractivity (Wildman–Crippen MR) is 72.9 cm³/mol. The van der Waals surface area contributed by atoms with E-state index in [0.29, 0.717) is 13.1 Å². The van der Waals surface area contributed by atoms with Crippen LogP contribution in [0.1, 0.15) is 25.3 Å². The summed E-state index contributed by atoms with van der Waals surface area (Å²) in [6.45, 7) is 2.99. The Labute approximate surface area is 108 Å². The first-order valence-corrected chi connectivity index (χ1v) is 6.23. The third-order valence-corrected chi connectivity index (χ3v) is 3.57. The standard InChI is InChI=1S/C15H18N2O/c1-3-11-17(4-2)14(18)15(9-10-15)12-5-7-13(16)8-6-12/h1,5-8H,4,9-11,16H2,2H3. The molecule has 3 nitrogen and oxygen atoms in total. The van der Waals surface area contributed by atoms with Crippen LogP contribution < -0.4 is 5.73 Å². The maximum atomic E-state index is 12.5. The number of anilines is 1. The number of benzene rings is 1. The molecule has 0 bridgehead atoms. The minimum absolute atomic E-state index is 0.146. The van der Waals surface area contributed by atoms with Gasteiger partial charge >= 0.3 is 0 Å². The zero-order valence-electron chi connectivity index (χ0n) is 10.6. The largest absolute Gasteiger partial charge is 0.399 e. The second-order valence-electron chi connectivity index (χ2n) is 4.73. The summed E-state index contributed by atoms with van der Waals surface area (Å²) in [4.78, 5) is 14.3. The summed E-state index contributed by atoms with van der Waals surface area (Å²) in [6, 6.07) is 7.59. The van der Waals surface area contributed by atoms with Crippen molar-refractivity contribution in [1.29, 1.82) is 0 Å². The van der Waals surface area contributed by atoms with Crippen LogP contribution in [-0.2, 0) is 10.2 Å². The molecule has 1 saturated carbocycles. The van der Waals surface area contributed by atoms with Crippen LogP contribution in [0.2, 0.25) is 0 Å². The topological polar surface area (TPSA) is 46.3 Å². The number of nitrogens with two attached hydrogens (primary N) is 1. The summed E-state index contributed by atoms with van der Waals surface area (Å²) in [5.41, 5.74) is 7.10. The first kappa shape index (κ1) is 12.5. The maximum Gasteiger partial charge on any atom is 0.234 e. The summed E-state index contributed by atoms with van der Waals surface area (Å²) < 4.78 is 0. The molecule has 0 atom stereocenters. The van der Waals surface area contributed by atoms with Crippen LogP contribution in [0.5, 0.6) is 0 Å². The highest BCUT2D eigenvalue weighted by Crippen LogP contribution is 2.49. The van der Waals surface area contributed by atoms with E-state index < -0.39 is 0 Å². The third kappa shape index (κ3) is 2.06. The average Bonchev–Trinajstić information content (AvgIpc) is 3.17. The lowest BCUT2D eigenvalue weighted by Crippen LogP contribution is -2.39. The summed E-state index contributed by atoms with van der Waals surface area (Å²) >= 11 is 0. The Morgan fingerprint density at radius 3 is 2.50 bits per heavy atom. The van der Waals surface area contributed by atoms with Gasteiger partial charge in [-0.15, -0.1) is 6.42 Å². The fourth-order valence-electron chi connectivity index (χ4n) is 2.29. The van der Waals surface area contributed by atoms with E-state index in [0.717, 1.165) is 24.1 Å². The minimum Gasteiger partial charge on any atom is -0.399 e. The summed E-state index contributed by atoms with van der Waals surface area (Å²) in [5.74, 6) is 2.69. The number of nitrogens with zero attached hydrogens (tertiary/aromatic N) is 1. The van der Waals surface area contributed by atoms with Crippen molar-refractivity contribution in [3.8, 4) is 12.3 Å². The number of terminal acetylenes is 1. The van der Waals surface area contributed by atoms with Crippen molar-refractivity contribution >= 4 is 11.6 Å². The first-order chi connectivity index (χ1) is 8.64. The SMILES string of the molecule is C#CCN(CC)C(=O)C1(c2ccc(N)cc2)CC1. The molecule has 0 aliphatic heterocycles. The number of amides is 1. The van der Waals surface area contributed by atoms with Gasteiger partial charge in [0, 0.05) is 12.2 Å².